The number of hydrogen-bond donors (Lipinski definition) is 1. The number of aromatic nitrogens is 3. The van der Waals surface area contributed by atoms with Gasteiger partial charge < -0.3 is 5.32 Å². The van der Waals surface area contributed by atoms with Gasteiger partial charge in [-0.3, -0.25) is 9.20 Å². The molecule has 0 unspecified atom stereocenters. The van der Waals surface area contributed by atoms with Gasteiger partial charge in [-0.05, 0) is 29.8 Å². The highest BCUT2D eigenvalue weighted by Gasteiger charge is 2.11. The Morgan fingerprint density at radius 3 is 2.65 bits per heavy atom. The van der Waals surface area contributed by atoms with Gasteiger partial charge in [0.2, 0.25) is 5.91 Å². The van der Waals surface area contributed by atoms with Crippen molar-refractivity contribution in [3.8, 4) is 0 Å². The first-order valence-corrected chi connectivity index (χ1v) is 7.89. The number of benzene rings is 1. The molecule has 0 spiro atoms. The van der Waals surface area contributed by atoms with Crippen molar-refractivity contribution in [2.45, 2.75) is 12.8 Å². The van der Waals surface area contributed by atoms with E-state index >= 15 is 0 Å². The summed E-state index contributed by atoms with van der Waals surface area (Å²) in [6, 6.07) is 10.9. The van der Waals surface area contributed by atoms with E-state index in [9.17, 15) is 4.79 Å². The van der Waals surface area contributed by atoms with Gasteiger partial charge in [-0.15, -0.1) is 10.2 Å². The van der Waals surface area contributed by atoms with Crippen molar-refractivity contribution in [2.24, 2.45) is 0 Å². The van der Waals surface area contributed by atoms with Crippen LogP contribution < -0.4 is 5.32 Å². The zero-order valence-corrected chi connectivity index (χ0v) is 13.7. The van der Waals surface area contributed by atoms with Crippen LogP contribution in [-0.4, -0.2) is 27.0 Å². The third kappa shape index (κ3) is 3.63. The molecule has 7 heteroatoms. The average molecular weight is 349 g/mol. The normalized spacial score (nSPS) is 10.9. The van der Waals surface area contributed by atoms with Gasteiger partial charge in [-0.25, -0.2) is 0 Å². The third-order valence-corrected chi connectivity index (χ3v) is 4.16. The molecule has 0 aliphatic carbocycles. The largest absolute Gasteiger partial charge is 0.355 e. The predicted octanol–water partition coefficient (Wildman–Crippen LogP) is 2.94. The Balaban J connectivity index is 1.57. The summed E-state index contributed by atoms with van der Waals surface area (Å²) in [5.41, 5.74) is 1.43. The Hall–Kier alpha value is -2.11. The predicted molar refractivity (Wildman–Crippen MR) is 89.9 cm³/mol. The molecule has 23 heavy (non-hydrogen) atoms. The standard InChI is InChI=1S/C16H14Cl2N4O/c17-12-4-3-5-13(18)11(12)10-16(23)19-8-7-15-21-20-14-6-1-2-9-22(14)15/h1-6,9H,7-8,10H2,(H,19,23). The second-order valence-corrected chi connectivity index (χ2v) is 5.84. The number of amides is 1. The molecule has 1 amide bonds. The summed E-state index contributed by atoms with van der Waals surface area (Å²) in [4.78, 5) is 12.0. The van der Waals surface area contributed by atoms with Gasteiger partial charge >= 0.3 is 0 Å². The van der Waals surface area contributed by atoms with Crippen LogP contribution in [0.5, 0.6) is 0 Å². The third-order valence-electron chi connectivity index (χ3n) is 3.45. The SMILES string of the molecule is O=C(Cc1c(Cl)cccc1Cl)NCCc1nnc2ccccn12. The molecule has 0 atom stereocenters. The van der Waals surface area contributed by atoms with Gasteiger partial charge in [0.1, 0.15) is 5.82 Å². The molecule has 0 saturated carbocycles. The van der Waals surface area contributed by atoms with Crippen molar-refractivity contribution < 1.29 is 4.79 Å². The second kappa shape index (κ2) is 6.98. The van der Waals surface area contributed by atoms with Crippen LogP contribution in [0.25, 0.3) is 5.65 Å². The number of nitrogens with one attached hydrogen (secondary N) is 1. The minimum atomic E-state index is -0.131. The van der Waals surface area contributed by atoms with Gasteiger partial charge in [-0.1, -0.05) is 35.3 Å². The van der Waals surface area contributed by atoms with E-state index in [0.29, 0.717) is 28.6 Å². The van der Waals surface area contributed by atoms with Crippen molar-refractivity contribution >= 4 is 34.8 Å². The monoisotopic (exact) mass is 348 g/mol. The summed E-state index contributed by atoms with van der Waals surface area (Å²) in [5.74, 6) is 0.672. The van der Waals surface area contributed by atoms with E-state index in [2.05, 4.69) is 15.5 Å². The molecule has 118 valence electrons. The molecular formula is C16H14Cl2N4O. The van der Waals surface area contributed by atoms with Crippen LogP contribution in [0.4, 0.5) is 0 Å². The van der Waals surface area contributed by atoms with E-state index in [1.807, 2.05) is 28.8 Å². The van der Waals surface area contributed by atoms with Crippen LogP contribution in [0.15, 0.2) is 42.6 Å². The Bertz CT molecular complexity index is 827. The topological polar surface area (TPSA) is 59.3 Å². The molecule has 0 aliphatic heterocycles. The van der Waals surface area contributed by atoms with E-state index in [-0.39, 0.29) is 12.3 Å². The Labute approximate surface area is 143 Å². The van der Waals surface area contributed by atoms with Crippen LogP contribution in [0.1, 0.15) is 11.4 Å². The lowest BCUT2D eigenvalue weighted by atomic mass is 10.1. The van der Waals surface area contributed by atoms with Crippen LogP contribution in [0.2, 0.25) is 10.0 Å². The lowest BCUT2D eigenvalue weighted by Gasteiger charge is -2.08. The van der Waals surface area contributed by atoms with E-state index in [4.69, 9.17) is 23.2 Å². The number of nitrogens with zero attached hydrogens (tertiary/aromatic N) is 3. The van der Waals surface area contributed by atoms with E-state index in [1.165, 1.54) is 0 Å². The zero-order chi connectivity index (χ0) is 16.2. The van der Waals surface area contributed by atoms with Crippen molar-refractivity contribution in [1.29, 1.82) is 0 Å². The molecule has 0 saturated heterocycles. The van der Waals surface area contributed by atoms with Gasteiger partial charge in [0.15, 0.2) is 5.65 Å². The van der Waals surface area contributed by atoms with E-state index in [0.717, 1.165) is 11.5 Å². The summed E-state index contributed by atoms with van der Waals surface area (Å²) in [7, 11) is 0. The number of pyridine rings is 1. The van der Waals surface area contributed by atoms with Crippen molar-refractivity contribution in [2.75, 3.05) is 6.54 Å². The summed E-state index contributed by atoms with van der Waals surface area (Å²) >= 11 is 12.1. The number of rotatable bonds is 5. The maximum atomic E-state index is 12.0. The average Bonchev–Trinajstić information content (AvgIpc) is 2.95. The molecule has 1 aromatic carbocycles. The fraction of sp³-hybridized carbons (Fsp3) is 0.188. The van der Waals surface area contributed by atoms with Crippen molar-refractivity contribution in [1.82, 2.24) is 19.9 Å². The fourth-order valence-corrected chi connectivity index (χ4v) is 2.83. The van der Waals surface area contributed by atoms with Crippen LogP contribution >= 0.6 is 23.2 Å². The van der Waals surface area contributed by atoms with Crippen LogP contribution in [-0.2, 0) is 17.6 Å². The Kier molecular flexibility index (Phi) is 4.79. The molecule has 1 N–H and O–H groups in total. The van der Waals surface area contributed by atoms with Crippen LogP contribution in [0, 0.1) is 0 Å². The molecule has 3 rings (SSSR count). The summed E-state index contributed by atoms with van der Waals surface area (Å²) in [6.07, 6.45) is 2.64. The fourth-order valence-electron chi connectivity index (χ4n) is 2.30. The number of carbonyl (C=O) groups excluding carboxylic acids is 1. The number of hydrogen-bond acceptors (Lipinski definition) is 3. The highest BCUT2D eigenvalue weighted by Crippen LogP contribution is 2.24. The summed E-state index contributed by atoms with van der Waals surface area (Å²) in [6.45, 7) is 0.469. The van der Waals surface area contributed by atoms with Gasteiger partial charge in [0.05, 0.1) is 6.42 Å². The number of fused-ring (bicyclic) bond motifs is 1. The second-order valence-electron chi connectivity index (χ2n) is 5.02. The van der Waals surface area contributed by atoms with Gasteiger partial charge in [0.25, 0.3) is 0 Å². The highest BCUT2D eigenvalue weighted by molar-refractivity contribution is 6.36. The van der Waals surface area contributed by atoms with Gasteiger partial charge in [-0.2, -0.15) is 0 Å². The molecule has 2 aromatic heterocycles. The summed E-state index contributed by atoms with van der Waals surface area (Å²) in [5, 5.41) is 12.0. The molecule has 5 nitrogen and oxygen atoms in total. The molecular weight excluding hydrogens is 335 g/mol. The maximum Gasteiger partial charge on any atom is 0.224 e. The zero-order valence-electron chi connectivity index (χ0n) is 12.2. The summed E-state index contributed by atoms with van der Waals surface area (Å²) < 4.78 is 1.90. The Morgan fingerprint density at radius 2 is 1.87 bits per heavy atom. The Morgan fingerprint density at radius 1 is 1.09 bits per heavy atom. The molecule has 0 aliphatic rings. The molecule has 2 heterocycles. The first-order chi connectivity index (χ1) is 11.1. The van der Waals surface area contributed by atoms with Crippen LogP contribution in [0.3, 0.4) is 0 Å². The van der Waals surface area contributed by atoms with E-state index < -0.39 is 0 Å². The molecule has 0 radical (unpaired) electrons. The quantitative estimate of drug-likeness (QED) is 0.771. The van der Waals surface area contributed by atoms with Crippen molar-refractivity contribution in [3.63, 3.8) is 0 Å². The molecule has 0 fully saturated rings. The lowest BCUT2D eigenvalue weighted by Crippen LogP contribution is -2.27. The lowest BCUT2D eigenvalue weighted by molar-refractivity contribution is -0.120. The van der Waals surface area contributed by atoms with E-state index in [1.54, 1.807) is 18.2 Å². The molecule has 3 aromatic rings. The first-order valence-electron chi connectivity index (χ1n) is 7.13. The minimum Gasteiger partial charge on any atom is -0.355 e. The highest BCUT2D eigenvalue weighted by atomic mass is 35.5. The van der Waals surface area contributed by atoms with Crippen molar-refractivity contribution in [3.05, 3.63) is 64.0 Å². The number of halogens is 2. The first kappa shape index (κ1) is 15.8. The smallest absolute Gasteiger partial charge is 0.224 e. The van der Waals surface area contributed by atoms with Gasteiger partial charge in [0, 0.05) is 29.2 Å². The minimum absolute atomic E-state index is 0.131. The maximum absolute atomic E-state index is 12.0. The molecule has 0 bridgehead atoms. The number of carbonyl (C=O) groups is 1.